The Bertz CT molecular complexity index is 580. The predicted octanol–water partition coefficient (Wildman–Crippen LogP) is 2.32. The average Bonchev–Trinajstić information content (AvgIpc) is 2.77. The Morgan fingerprint density at radius 3 is 2.83 bits per heavy atom. The van der Waals surface area contributed by atoms with E-state index < -0.39 is 0 Å². The number of hydrogen-bond donors (Lipinski definition) is 1. The molecule has 5 heteroatoms. The first kappa shape index (κ1) is 12.6. The molecule has 0 aliphatic heterocycles. The van der Waals surface area contributed by atoms with Gasteiger partial charge in [0.15, 0.2) is 11.6 Å². The summed E-state index contributed by atoms with van der Waals surface area (Å²) in [7, 11) is 1.44. The van der Waals surface area contributed by atoms with E-state index in [1.165, 1.54) is 13.2 Å². The first-order valence-electron chi connectivity index (χ1n) is 5.39. The molecule has 1 aromatic carbocycles. The van der Waals surface area contributed by atoms with Crippen LogP contribution in [-0.4, -0.2) is 16.7 Å². The number of rotatable bonds is 4. The largest absolute Gasteiger partial charge is 0.494 e. The maximum Gasteiger partial charge on any atom is 0.165 e. The summed E-state index contributed by atoms with van der Waals surface area (Å²) in [4.78, 5) is 0.328. The summed E-state index contributed by atoms with van der Waals surface area (Å²) in [5.41, 5.74) is 7.19. The van der Waals surface area contributed by atoms with Crippen molar-refractivity contribution in [2.45, 2.75) is 6.54 Å². The normalized spacial score (nSPS) is 10.3. The molecule has 0 bridgehead atoms. The molecule has 1 heterocycles. The van der Waals surface area contributed by atoms with Crippen LogP contribution in [0.25, 0.3) is 0 Å². The SMILES string of the molecule is COc1ccc(Cn2cccc2C(N)=S)cc1F. The van der Waals surface area contributed by atoms with Crippen LogP contribution in [-0.2, 0) is 6.54 Å². The second-order valence-electron chi connectivity index (χ2n) is 3.85. The van der Waals surface area contributed by atoms with E-state index in [0.29, 0.717) is 11.5 Å². The van der Waals surface area contributed by atoms with E-state index in [9.17, 15) is 4.39 Å². The van der Waals surface area contributed by atoms with Crippen LogP contribution < -0.4 is 10.5 Å². The number of nitrogens with two attached hydrogens (primary N) is 1. The van der Waals surface area contributed by atoms with E-state index in [-0.39, 0.29) is 11.6 Å². The van der Waals surface area contributed by atoms with Gasteiger partial charge in [-0.05, 0) is 29.8 Å². The van der Waals surface area contributed by atoms with Crippen LogP contribution in [0.5, 0.6) is 5.75 Å². The maximum atomic E-state index is 13.6. The summed E-state index contributed by atoms with van der Waals surface area (Å²) in [5.74, 6) is -0.139. The molecule has 1 aromatic heterocycles. The molecule has 0 fully saturated rings. The van der Waals surface area contributed by atoms with Gasteiger partial charge in [0.2, 0.25) is 0 Å². The predicted molar refractivity (Wildman–Crippen MR) is 72.4 cm³/mol. The van der Waals surface area contributed by atoms with Crippen molar-refractivity contribution in [3.8, 4) is 5.75 Å². The standard InChI is InChI=1S/C13H13FN2OS/c1-17-12-5-4-9(7-10(12)14)8-16-6-2-3-11(16)13(15)18/h2-7H,8H2,1H3,(H2,15,18). The van der Waals surface area contributed by atoms with E-state index >= 15 is 0 Å². The third kappa shape index (κ3) is 2.51. The molecule has 18 heavy (non-hydrogen) atoms. The van der Waals surface area contributed by atoms with E-state index in [2.05, 4.69) is 0 Å². The Balaban J connectivity index is 2.26. The molecule has 2 rings (SSSR count). The molecule has 0 saturated carbocycles. The number of nitrogens with zero attached hydrogens (tertiary/aromatic N) is 1. The van der Waals surface area contributed by atoms with Crippen LogP contribution in [0.4, 0.5) is 4.39 Å². The van der Waals surface area contributed by atoms with Gasteiger partial charge in [-0.3, -0.25) is 0 Å². The zero-order valence-electron chi connectivity index (χ0n) is 9.89. The highest BCUT2D eigenvalue weighted by atomic mass is 32.1. The summed E-state index contributed by atoms with van der Waals surface area (Å²) in [5, 5.41) is 0. The molecule has 2 aromatic rings. The minimum Gasteiger partial charge on any atom is -0.494 e. The highest BCUT2D eigenvalue weighted by Crippen LogP contribution is 2.18. The van der Waals surface area contributed by atoms with Crippen LogP contribution >= 0.6 is 12.2 Å². The number of halogens is 1. The second kappa shape index (κ2) is 5.18. The van der Waals surface area contributed by atoms with Gasteiger partial charge < -0.3 is 15.0 Å². The Morgan fingerprint density at radius 2 is 2.22 bits per heavy atom. The molecule has 0 spiro atoms. The van der Waals surface area contributed by atoms with Gasteiger partial charge in [-0.15, -0.1) is 0 Å². The molecular weight excluding hydrogens is 251 g/mol. The molecule has 0 atom stereocenters. The Morgan fingerprint density at radius 1 is 1.44 bits per heavy atom. The van der Waals surface area contributed by atoms with Crippen molar-refractivity contribution in [3.05, 3.63) is 53.6 Å². The fraction of sp³-hybridized carbons (Fsp3) is 0.154. The van der Waals surface area contributed by atoms with Gasteiger partial charge in [0.1, 0.15) is 4.99 Å². The highest BCUT2D eigenvalue weighted by molar-refractivity contribution is 7.80. The van der Waals surface area contributed by atoms with Gasteiger partial charge >= 0.3 is 0 Å². The zero-order chi connectivity index (χ0) is 13.1. The van der Waals surface area contributed by atoms with Crippen LogP contribution in [0.1, 0.15) is 11.3 Å². The molecule has 2 N–H and O–H groups in total. The zero-order valence-corrected chi connectivity index (χ0v) is 10.7. The first-order valence-corrected chi connectivity index (χ1v) is 5.80. The Kier molecular flexibility index (Phi) is 3.62. The van der Waals surface area contributed by atoms with Crippen LogP contribution in [0.2, 0.25) is 0 Å². The molecule has 3 nitrogen and oxygen atoms in total. The molecule has 0 radical (unpaired) electrons. The van der Waals surface area contributed by atoms with Crippen molar-refractivity contribution in [2.24, 2.45) is 5.73 Å². The molecule has 0 aliphatic carbocycles. The smallest absolute Gasteiger partial charge is 0.165 e. The lowest BCUT2D eigenvalue weighted by Crippen LogP contribution is -2.15. The Labute approximate surface area is 110 Å². The topological polar surface area (TPSA) is 40.2 Å². The van der Waals surface area contributed by atoms with Crippen molar-refractivity contribution in [2.75, 3.05) is 7.11 Å². The molecule has 0 aliphatic rings. The van der Waals surface area contributed by atoms with E-state index in [1.54, 1.807) is 6.07 Å². The second-order valence-corrected chi connectivity index (χ2v) is 4.29. The molecule has 94 valence electrons. The molecule has 0 amide bonds. The van der Waals surface area contributed by atoms with Crippen molar-refractivity contribution in [3.63, 3.8) is 0 Å². The summed E-state index contributed by atoms with van der Waals surface area (Å²) < 4.78 is 20.3. The van der Waals surface area contributed by atoms with Crippen molar-refractivity contribution >= 4 is 17.2 Å². The summed E-state index contributed by atoms with van der Waals surface area (Å²) in [6.07, 6.45) is 1.86. The third-order valence-corrected chi connectivity index (χ3v) is 2.86. The van der Waals surface area contributed by atoms with E-state index in [0.717, 1.165) is 11.3 Å². The van der Waals surface area contributed by atoms with Crippen molar-refractivity contribution < 1.29 is 9.13 Å². The van der Waals surface area contributed by atoms with E-state index in [1.807, 2.05) is 29.0 Å². The van der Waals surface area contributed by atoms with E-state index in [4.69, 9.17) is 22.7 Å². The van der Waals surface area contributed by atoms with Crippen molar-refractivity contribution in [1.29, 1.82) is 0 Å². The molecule has 0 saturated heterocycles. The Hall–Kier alpha value is -1.88. The monoisotopic (exact) mass is 264 g/mol. The van der Waals surface area contributed by atoms with Gasteiger partial charge in [-0.25, -0.2) is 4.39 Å². The minimum absolute atomic E-state index is 0.237. The lowest BCUT2D eigenvalue weighted by molar-refractivity contribution is 0.386. The lowest BCUT2D eigenvalue weighted by Gasteiger charge is -2.09. The number of aromatic nitrogens is 1. The van der Waals surface area contributed by atoms with Gasteiger partial charge in [-0.2, -0.15) is 0 Å². The third-order valence-electron chi connectivity index (χ3n) is 2.65. The summed E-state index contributed by atoms with van der Waals surface area (Å²) >= 11 is 4.95. The number of thiocarbonyl (C=S) groups is 1. The number of benzene rings is 1. The van der Waals surface area contributed by atoms with Crippen LogP contribution in [0.15, 0.2) is 36.5 Å². The number of hydrogen-bond acceptors (Lipinski definition) is 2. The molecule has 0 unspecified atom stereocenters. The summed E-state index contributed by atoms with van der Waals surface area (Å²) in [6.45, 7) is 0.514. The number of ether oxygens (including phenoxy) is 1. The lowest BCUT2D eigenvalue weighted by atomic mass is 10.2. The van der Waals surface area contributed by atoms with Gasteiger partial charge in [0.25, 0.3) is 0 Å². The van der Waals surface area contributed by atoms with Crippen molar-refractivity contribution in [1.82, 2.24) is 4.57 Å². The fourth-order valence-corrected chi connectivity index (χ4v) is 1.97. The van der Waals surface area contributed by atoms with Gasteiger partial charge in [0.05, 0.1) is 12.8 Å². The molecular formula is C13H13FN2OS. The van der Waals surface area contributed by atoms with Gasteiger partial charge in [0, 0.05) is 12.7 Å². The quantitative estimate of drug-likeness (QED) is 0.862. The fourth-order valence-electron chi connectivity index (χ4n) is 1.78. The van der Waals surface area contributed by atoms with Crippen LogP contribution in [0, 0.1) is 5.82 Å². The average molecular weight is 264 g/mol. The minimum atomic E-state index is -0.376. The highest BCUT2D eigenvalue weighted by Gasteiger charge is 2.07. The maximum absolute atomic E-state index is 13.6. The first-order chi connectivity index (χ1) is 8.61. The van der Waals surface area contributed by atoms with Crippen LogP contribution in [0.3, 0.4) is 0 Å². The number of methoxy groups -OCH3 is 1. The van der Waals surface area contributed by atoms with Gasteiger partial charge in [-0.1, -0.05) is 18.3 Å². The summed E-state index contributed by atoms with van der Waals surface area (Å²) in [6, 6.07) is 8.55.